The highest BCUT2D eigenvalue weighted by Gasteiger charge is 2.30. The maximum absolute atomic E-state index is 12.7. The average Bonchev–Trinajstić information content (AvgIpc) is 2.36. The fraction of sp³-hybridized carbons (Fsp3) is 0.333. The number of H-pyrrole nitrogens is 1. The predicted molar refractivity (Wildman–Crippen MR) is 77.4 cm³/mol. The van der Waals surface area contributed by atoms with Gasteiger partial charge in [0.25, 0.3) is 5.56 Å². The highest BCUT2D eigenvalue weighted by molar-refractivity contribution is 5.76. The molecular weight excluding hydrogens is 297 g/mol. The Morgan fingerprint density at radius 3 is 2.45 bits per heavy atom. The summed E-state index contributed by atoms with van der Waals surface area (Å²) in [6.45, 7) is 5.20. The molecule has 1 aromatic heterocycles. The van der Waals surface area contributed by atoms with Crippen molar-refractivity contribution >= 4 is 17.1 Å². The lowest BCUT2D eigenvalue weighted by molar-refractivity contribution is -0.137. The van der Waals surface area contributed by atoms with Gasteiger partial charge in [-0.1, -0.05) is 20.8 Å². The van der Waals surface area contributed by atoms with Gasteiger partial charge in [-0.25, -0.2) is 4.98 Å². The second kappa shape index (κ2) is 5.15. The molecule has 118 valence electrons. The average molecular weight is 312 g/mol. The van der Waals surface area contributed by atoms with Crippen LogP contribution < -0.4 is 5.56 Å². The molecule has 0 aliphatic carbocycles. The number of aromatic nitrogens is 2. The van der Waals surface area contributed by atoms with Gasteiger partial charge in [0.1, 0.15) is 5.69 Å². The number of nitrogens with one attached hydrogen (secondary N) is 1. The van der Waals surface area contributed by atoms with Crippen molar-refractivity contribution in [3.05, 3.63) is 45.6 Å². The fourth-order valence-corrected chi connectivity index (χ4v) is 1.72. The van der Waals surface area contributed by atoms with E-state index in [0.29, 0.717) is 0 Å². The third-order valence-corrected chi connectivity index (χ3v) is 3.09. The first kappa shape index (κ1) is 16.1. The minimum Gasteiger partial charge on any atom is -0.512 e. The third-order valence-electron chi connectivity index (χ3n) is 3.09. The zero-order chi connectivity index (χ0) is 16.7. The van der Waals surface area contributed by atoms with Crippen LogP contribution in [0.3, 0.4) is 0 Å². The van der Waals surface area contributed by atoms with Crippen molar-refractivity contribution in [1.82, 2.24) is 9.97 Å². The molecule has 0 bridgehead atoms. The first-order chi connectivity index (χ1) is 9.98. The second-order valence-electron chi connectivity index (χ2n) is 5.96. The molecule has 0 fully saturated rings. The van der Waals surface area contributed by atoms with Crippen LogP contribution in [-0.4, -0.2) is 15.1 Å². The second-order valence-corrected chi connectivity index (χ2v) is 5.96. The summed E-state index contributed by atoms with van der Waals surface area (Å²) in [5, 5.41) is 9.91. The van der Waals surface area contributed by atoms with E-state index in [2.05, 4.69) is 9.97 Å². The molecule has 4 nitrogen and oxygen atoms in total. The highest BCUT2D eigenvalue weighted by Crippen LogP contribution is 2.30. The van der Waals surface area contributed by atoms with Gasteiger partial charge in [0, 0.05) is 11.5 Å². The lowest BCUT2D eigenvalue weighted by atomic mass is 9.93. The number of halogens is 3. The largest absolute Gasteiger partial charge is 0.512 e. The van der Waals surface area contributed by atoms with E-state index < -0.39 is 22.7 Å². The van der Waals surface area contributed by atoms with Crippen LogP contribution in [0.2, 0.25) is 0 Å². The van der Waals surface area contributed by atoms with E-state index in [4.69, 9.17) is 0 Å². The number of rotatable bonds is 1. The summed E-state index contributed by atoms with van der Waals surface area (Å²) in [7, 11) is 0. The molecule has 0 saturated heterocycles. The van der Waals surface area contributed by atoms with Crippen LogP contribution in [0.15, 0.2) is 28.8 Å². The van der Waals surface area contributed by atoms with E-state index in [-0.39, 0.29) is 22.5 Å². The molecule has 1 heterocycles. The Labute approximate surface area is 124 Å². The van der Waals surface area contributed by atoms with E-state index in [9.17, 15) is 23.1 Å². The van der Waals surface area contributed by atoms with Crippen molar-refractivity contribution in [3.8, 4) is 0 Å². The van der Waals surface area contributed by atoms with Crippen LogP contribution in [0.4, 0.5) is 13.2 Å². The molecular formula is C15H15F3N2O2. The Bertz CT molecular complexity index is 799. The van der Waals surface area contributed by atoms with Crippen LogP contribution >= 0.6 is 0 Å². The van der Waals surface area contributed by atoms with Gasteiger partial charge in [0.2, 0.25) is 0 Å². The molecule has 7 heteroatoms. The molecule has 0 saturated carbocycles. The van der Waals surface area contributed by atoms with Gasteiger partial charge in [-0.15, -0.1) is 0 Å². The van der Waals surface area contributed by atoms with Gasteiger partial charge in [-0.05, 0) is 18.2 Å². The van der Waals surface area contributed by atoms with Crippen molar-refractivity contribution in [2.75, 3.05) is 0 Å². The first-order valence-corrected chi connectivity index (χ1v) is 6.51. The van der Waals surface area contributed by atoms with Crippen LogP contribution in [0, 0.1) is 5.41 Å². The van der Waals surface area contributed by atoms with Crippen LogP contribution in [0.5, 0.6) is 0 Å². The molecule has 0 radical (unpaired) electrons. The molecule has 2 rings (SSSR count). The smallest absolute Gasteiger partial charge is 0.416 e. The lowest BCUT2D eigenvalue weighted by Gasteiger charge is -2.16. The third kappa shape index (κ3) is 3.29. The lowest BCUT2D eigenvalue weighted by Crippen LogP contribution is -2.15. The Morgan fingerprint density at radius 2 is 1.91 bits per heavy atom. The number of alkyl halides is 3. The zero-order valence-corrected chi connectivity index (χ0v) is 12.2. The van der Waals surface area contributed by atoms with E-state index in [1.54, 1.807) is 20.8 Å². The molecule has 0 aliphatic heterocycles. The van der Waals surface area contributed by atoms with Crippen LogP contribution in [0.1, 0.15) is 32.0 Å². The molecule has 0 atom stereocenters. The van der Waals surface area contributed by atoms with E-state index in [0.717, 1.165) is 18.2 Å². The standard InChI is InChI=1S/C15H15F3N2O2/c1-14(2,3)12(21)7-11-13(22)20-9-5-4-8(15(16,17)18)6-10(9)19-11/h4-7,21H,1-3H3,(H,20,22). The summed E-state index contributed by atoms with van der Waals surface area (Å²) in [6, 6.07) is 2.89. The van der Waals surface area contributed by atoms with Crippen molar-refractivity contribution in [3.63, 3.8) is 0 Å². The van der Waals surface area contributed by atoms with Crippen LogP contribution in [0.25, 0.3) is 17.1 Å². The summed E-state index contributed by atoms with van der Waals surface area (Å²) >= 11 is 0. The monoisotopic (exact) mass is 312 g/mol. The summed E-state index contributed by atoms with van der Waals surface area (Å²) in [5.41, 5.74) is -1.97. The number of fused-ring (bicyclic) bond motifs is 1. The van der Waals surface area contributed by atoms with E-state index in [1.165, 1.54) is 6.08 Å². The van der Waals surface area contributed by atoms with Crippen molar-refractivity contribution in [1.29, 1.82) is 0 Å². The quantitative estimate of drug-likeness (QED) is 0.785. The number of aliphatic hydroxyl groups excluding tert-OH is 1. The fourth-order valence-electron chi connectivity index (χ4n) is 1.72. The molecule has 1 aromatic carbocycles. The summed E-state index contributed by atoms with van der Waals surface area (Å²) in [5.74, 6) is -0.0863. The number of allylic oxidation sites excluding steroid dienone is 1. The number of hydrogen-bond donors (Lipinski definition) is 2. The summed E-state index contributed by atoms with van der Waals surface area (Å²) in [6.07, 6.45) is -3.33. The van der Waals surface area contributed by atoms with Gasteiger partial charge in [0.05, 0.1) is 22.4 Å². The zero-order valence-electron chi connectivity index (χ0n) is 12.2. The van der Waals surface area contributed by atoms with Crippen molar-refractivity contribution < 1.29 is 18.3 Å². The Balaban J connectivity index is 2.63. The van der Waals surface area contributed by atoms with Gasteiger partial charge < -0.3 is 10.1 Å². The molecule has 0 unspecified atom stereocenters. The molecule has 2 N–H and O–H groups in total. The normalized spacial score (nSPS) is 13.6. The minimum atomic E-state index is -4.49. The van der Waals surface area contributed by atoms with Gasteiger partial charge >= 0.3 is 6.18 Å². The molecule has 22 heavy (non-hydrogen) atoms. The van der Waals surface area contributed by atoms with Crippen molar-refractivity contribution in [2.45, 2.75) is 26.9 Å². The summed E-state index contributed by atoms with van der Waals surface area (Å²) < 4.78 is 38.1. The molecule has 2 aromatic rings. The number of hydrogen-bond acceptors (Lipinski definition) is 3. The van der Waals surface area contributed by atoms with Crippen molar-refractivity contribution in [2.24, 2.45) is 5.41 Å². The number of aromatic amines is 1. The maximum atomic E-state index is 12.7. The Morgan fingerprint density at radius 1 is 1.27 bits per heavy atom. The summed E-state index contributed by atoms with van der Waals surface area (Å²) in [4.78, 5) is 18.3. The van der Waals surface area contributed by atoms with E-state index in [1.807, 2.05) is 0 Å². The molecule has 0 amide bonds. The molecule has 0 spiro atoms. The number of benzene rings is 1. The Hall–Kier alpha value is -2.31. The highest BCUT2D eigenvalue weighted by atomic mass is 19.4. The number of aliphatic hydroxyl groups is 1. The van der Waals surface area contributed by atoms with Gasteiger partial charge in [0.15, 0.2) is 0 Å². The van der Waals surface area contributed by atoms with Gasteiger partial charge in [-0.3, -0.25) is 4.79 Å². The maximum Gasteiger partial charge on any atom is 0.416 e. The topological polar surface area (TPSA) is 66.0 Å². The SMILES string of the molecule is CC(C)(C)C(O)=Cc1nc2cc(C(F)(F)F)ccc2[nH]c1=O. The Kier molecular flexibility index (Phi) is 3.76. The van der Waals surface area contributed by atoms with E-state index >= 15 is 0 Å². The predicted octanol–water partition coefficient (Wildman–Crippen LogP) is 3.89. The first-order valence-electron chi connectivity index (χ1n) is 6.51. The molecule has 0 aliphatic rings. The van der Waals surface area contributed by atoms with Gasteiger partial charge in [-0.2, -0.15) is 13.2 Å². The number of nitrogens with zero attached hydrogens (tertiary/aromatic N) is 1. The van der Waals surface area contributed by atoms with Crippen LogP contribution in [-0.2, 0) is 6.18 Å². The minimum absolute atomic E-state index is 0.00221.